The maximum absolute atomic E-state index is 12.1. The average Bonchev–Trinajstić information content (AvgIpc) is 3.08. The lowest BCUT2D eigenvalue weighted by atomic mass is 10.0. The highest BCUT2D eigenvalue weighted by atomic mass is 32.1. The van der Waals surface area contributed by atoms with Gasteiger partial charge in [-0.25, -0.2) is 4.79 Å². The molecule has 1 amide bonds. The molecule has 0 fully saturated rings. The quantitative estimate of drug-likeness (QED) is 0.811. The standard InChI is InChI=1S/C16H19NO3S2/c1-10(2)6-12-9-22-15(14(12)16(19)20-3)17-13(18)7-11-4-5-21-8-11/h4-5,8-10H,6-7H2,1-3H3,(H,17,18). The molecule has 1 N–H and O–H groups in total. The van der Waals surface area contributed by atoms with Crippen molar-refractivity contribution in [2.45, 2.75) is 26.7 Å². The molecule has 2 heterocycles. The molecule has 0 saturated heterocycles. The highest BCUT2D eigenvalue weighted by Gasteiger charge is 2.21. The minimum atomic E-state index is -0.400. The molecule has 0 unspecified atom stereocenters. The molecule has 0 aromatic carbocycles. The van der Waals surface area contributed by atoms with Crippen LogP contribution in [0.15, 0.2) is 22.2 Å². The Morgan fingerprint density at radius 1 is 1.32 bits per heavy atom. The number of hydrogen-bond donors (Lipinski definition) is 1. The first-order valence-electron chi connectivity index (χ1n) is 7.00. The monoisotopic (exact) mass is 337 g/mol. The Bertz CT molecular complexity index is 644. The fraction of sp³-hybridized carbons (Fsp3) is 0.375. The van der Waals surface area contributed by atoms with Gasteiger partial charge in [-0.2, -0.15) is 11.3 Å². The molecule has 0 aliphatic rings. The van der Waals surface area contributed by atoms with Crippen LogP contribution in [0.1, 0.15) is 35.3 Å². The summed E-state index contributed by atoms with van der Waals surface area (Å²) in [5, 5.41) is 9.22. The number of thiophene rings is 2. The SMILES string of the molecule is COC(=O)c1c(CC(C)C)csc1NC(=O)Cc1ccsc1. The van der Waals surface area contributed by atoms with Gasteiger partial charge in [0.15, 0.2) is 0 Å². The molecule has 22 heavy (non-hydrogen) atoms. The third-order valence-corrected chi connectivity index (χ3v) is 4.76. The van der Waals surface area contributed by atoms with Gasteiger partial charge in [0.25, 0.3) is 0 Å². The summed E-state index contributed by atoms with van der Waals surface area (Å²) in [6.07, 6.45) is 1.09. The largest absolute Gasteiger partial charge is 0.465 e. The summed E-state index contributed by atoms with van der Waals surface area (Å²) in [5.74, 6) is -0.100. The van der Waals surface area contributed by atoms with Crippen LogP contribution in [0, 0.1) is 5.92 Å². The second kappa shape index (κ2) is 7.56. The Hall–Kier alpha value is -1.66. The number of rotatable bonds is 6. The fourth-order valence-corrected chi connectivity index (χ4v) is 3.80. The summed E-state index contributed by atoms with van der Waals surface area (Å²) >= 11 is 2.93. The number of carbonyl (C=O) groups excluding carboxylic acids is 2. The molecule has 2 rings (SSSR count). The summed E-state index contributed by atoms with van der Waals surface area (Å²) in [6, 6.07) is 1.92. The van der Waals surface area contributed by atoms with E-state index in [0.29, 0.717) is 22.9 Å². The number of amides is 1. The minimum absolute atomic E-state index is 0.124. The van der Waals surface area contributed by atoms with Crippen molar-refractivity contribution in [2.24, 2.45) is 5.92 Å². The second-order valence-corrected chi connectivity index (χ2v) is 7.07. The second-order valence-electron chi connectivity index (χ2n) is 5.41. The zero-order valence-electron chi connectivity index (χ0n) is 12.8. The number of carbonyl (C=O) groups is 2. The number of methoxy groups -OCH3 is 1. The van der Waals surface area contributed by atoms with Crippen molar-refractivity contribution in [3.05, 3.63) is 38.9 Å². The lowest BCUT2D eigenvalue weighted by molar-refractivity contribution is -0.115. The van der Waals surface area contributed by atoms with Gasteiger partial charge < -0.3 is 10.1 Å². The van der Waals surface area contributed by atoms with Crippen LogP contribution < -0.4 is 5.32 Å². The lowest BCUT2D eigenvalue weighted by Gasteiger charge is -2.08. The number of esters is 1. The summed E-state index contributed by atoms with van der Waals surface area (Å²) < 4.78 is 4.86. The van der Waals surface area contributed by atoms with Gasteiger partial charge in [-0.1, -0.05) is 13.8 Å². The van der Waals surface area contributed by atoms with E-state index < -0.39 is 5.97 Å². The van der Waals surface area contributed by atoms with Gasteiger partial charge >= 0.3 is 5.97 Å². The Morgan fingerprint density at radius 3 is 2.68 bits per heavy atom. The molecule has 0 radical (unpaired) electrons. The van der Waals surface area contributed by atoms with Gasteiger partial charge in [-0.3, -0.25) is 4.79 Å². The maximum atomic E-state index is 12.1. The van der Waals surface area contributed by atoms with Crippen molar-refractivity contribution in [1.82, 2.24) is 0 Å². The minimum Gasteiger partial charge on any atom is -0.465 e. The first-order valence-corrected chi connectivity index (χ1v) is 8.83. The summed E-state index contributed by atoms with van der Waals surface area (Å²) in [5.41, 5.74) is 2.39. The molecular formula is C16H19NO3S2. The van der Waals surface area contributed by atoms with Crippen LogP contribution in [0.5, 0.6) is 0 Å². The van der Waals surface area contributed by atoms with Crippen LogP contribution in [0.3, 0.4) is 0 Å². The highest BCUT2D eigenvalue weighted by Crippen LogP contribution is 2.31. The summed E-state index contributed by atoms with van der Waals surface area (Å²) in [7, 11) is 1.36. The van der Waals surface area contributed by atoms with Crippen LogP contribution in [0.2, 0.25) is 0 Å². The molecule has 0 atom stereocenters. The van der Waals surface area contributed by atoms with Gasteiger partial charge in [-0.05, 0) is 45.7 Å². The molecule has 2 aromatic rings. The lowest BCUT2D eigenvalue weighted by Crippen LogP contribution is -2.16. The molecular weight excluding hydrogens is 318 g/mol. The maximum Gasteiger partial charge on any atom is 0.341 e. The topological polar surface area (TPSA) is 55.4 Å². The smallest absolute Gasteiger partial charge is 0.341 e. The molecule has 0 spiro atoms. The summed E-state index contributed by atoms with van der Waals surface area (Å²) in [6.45, 7) is 4.18. The number of ether oxygens (including phenoxy) is 1. The van der Waals surface area contributed by atoms with Gasteiger partial charge in [0, 0.05) is 0 Å². The highest BCUT2D eigenvalue weighted by molar-refractivity contribution is 7.15. The predicted octanol–water partition coefficient (Wildman–Crippen LogP) is 3.98. The number of hydrogen-bond acceptors (Lipinski definition) is 5. The molecule has 0 aliphatic carbocycles. The third kappa shape index (κ3) is 4.18. The molecule has 0 saturated carbocycles. The van der Waals surface area contributed by atoms with Gasteiger partial charge in [0.1, 0.15) is 5.00 Å². The van der Waals surface area contributed by atoms with Gasteiger partial charge in [0.2, 0.25) is 5.91 Å². The van der Waals surface area contributed by atoms with E-state index in [9.17, 15) is 9.59 Å². The zero-order valence-corrected chi connectivity index (χ0v) is 14.5. The van der Waals surface area contributed by atoms with E-state index in [1.165, 1.54) is 18.4 Å². The van der Waals surface area contributed by atoms with Crippen molar-refractivity contribution in [3.63, 3.8) is 0 Å². The Labute approximate surface area is 138 Å². The van der Waals surface area contributed by atoms with E-state index in [1.54, 1.807) is 11.3 Å². The van der Waals surface area contributed by atoms with Crippen LogP contribution in [0.4, 0.5) is 5.00 Å². The molecule has 0 aliphatic heterocycles. The first-order chi connectivity index (χ1) is 10.5. The normalized spacial score (nSPS) is 10.7. The van der Waals surface area contributed by atoms with Crippen LogP contribution in [-0.4, -0.2) is 19.0 Å². The average molecular weight is 337 g/mol. The van der Waals surface area contributed by atoms with Crippen molar-refractivity contribution in [3.8, 4) is 0 Å². The number of anilines is 1. The van der Waals surface area contributed by atoms with Gasteiger partial charge in [-0.15, -0.1) is 11.3 Å². The molecule has 118 valence electrons. The fourth-order valence-electron chi connectivity index (χ4n) is 2.15. The number of nitrogens with one attached hydrogen (secondary N) is 1. The molecule has 6 heteroatoms. The van der Waals surface area contributed by atoms with E-state index >= 15 is 0 Å². The van der Waals surface area contributed by atoms with Crippen molar-refractivity contribution in [1.29, 1.82) is 0 Å². The van der Waals surface area contributed by atoms with Crippen molar-refractivity contribution in [2.75, 3.05) is 12.4 Å². The third-order valence-electron chi connectivity index (χ3n) is 3.08. The van der Waals surface area contributed by atoms with Crippen molar-refractivity contribution < 1.29 is 14.3 Å². The van der Waals surface area contributed by atoms with E-state index in [-0.39, 0.29) is 5.91 Å². The Morgan fingerprint density at radius 2 is 2.09 bits per heavy atom. The van der Waals surface area contributed by atoms with Crippen LogP contribution >= 0.6 is 22.7 Å². The van der Waals surface area contributed by atoms with Crippen molar-refractivity contribution >= 4 is 39.6 Å². The Balaban J connectivity index is 2.17. The van der Waals surface area contributed by atoms with Crippen LogP contribution in [-0.2, 0) is 22.4 Å². The molecule has 4 nitrogen and oxygen atoms in total. The molecule has 0 bridgehead atoms. The van der Waals surface area contributed by atoms with E-state index in [0.717, 1.165) is 17.5 Å². The predicted molar refractivity (Wildman–Crippen MR) is 90.9 cm³/mol. The van der Waals surface area contributed by atoms with Gasteiger partial charge in [0.05, 0.1) is 19.1 Å². The molecule has 2 aromatic heterocycles. The van der Waals surface area contributed by atoms with E-state index in [4.69, 9.17) is 4.74 Å². The zero-order chi connectivity index (χ0) is 16.1. The van der Waals surface area contributed by atoms with E-state index in [1.807, 2.05) is 22.2 Å². The van der Waals surface area contributed by atoms with Crippen LogP contribution in [0.25, 0.3) is 0 Å². The van der Waals surface area contributed by atoms with E-state index in [2.05, 4.69) is 19.2 Å². The summed E-state index contributed by atoms with van der Waals surface area (Å²) in [4.78, 5) is 24.2. The first kappa shape index (κ1) is 16.7. The Kier molecular flexibility index (Phi) is 5.74.